The van der Waals surface area contributed by atoms with Crippen molar-refractivity contribution in [1.82, 2.24) is 14.8 Å². The average molecular weight is 455 g/mol. The topological polar surface area (TPSA) is 84.0 Å². The summed E-state index contributed by atoms with van der Waals surface area (Å²) in [5, 5.41) is 2.79. The lowest BCUT2D eigenvalue weighted by Gasteiger charge is -2.22. The van der Waals surface area contributed by atoms with Gasteiger partial charge >= 0.3 is 0 Å². The molecule has 178 valence electrons. The van der Waals surface area contributed by atoms with Crippen molar-refractivity contribution in [1.29, 1.82) is 0 Å². The third kappa shape index (κ3) is 6.92. The number of hydrogen-bond acceptors (Lipinski definition) is 6. The van der Waals surface area contributed by atoms with Crippen LogP contribution in [0.4, 0.5) is 5.69 Å². The molecule has 8 nitrogen and oxygen atoms in total. The second kappa shape index (κ2) is 11.7. The number of amides is 2. The normalized spacial score (nSPS) is 13.5. The summed E-state index contributed by atoms with van der Waals surface area (Å²) < 4.78 is 10.8. The van der Waals surface area contributed by atoms with Gasteiger partial charge in [-0.05, 0) is 61.8 Å². The van der Waals surface area contributed by atoms with Gasteiger partial charge in [0.2, 0.25) is 11.8 Å². The summed E-state index contributed by atoms with van der Waals surface area (Å²) in [6.07, 6.45) is 4.63. The Labute approximate surface area is 195 Å². The predicted octanol–water partition coefficient (Wildman–Crippen LogP) is 2.55. The molecule has 0 fully saturated rings. The molecule has 1 aliphatic heterocycles. The molecule has 1 aliphatic rings. The van der Waals surface area contributed by atoms with Crippen molar-refractivity contribution in [3.63, 3.8) is 0 Å². The fraction of sp³-hybridized carbons (Fsp3) is 0.480. The first-order valence-electron chi connectivity index (χ1n) is 11.3. The standard InChI is InChI=1S/C25H34N4O4/c1-18(30)27-22-6-9-26-21(17-22)8-12-28(2)10-5-11-29-13-7-19-14-23(32-3)24(33-4)15-20(19)16-25(29)31/h6,9,14-15,17H,5,7-8,10-13,16H2,1-4H3,(H,26,27,30). The Morgan fingerprint density at radius 1 is 1.15 bits per heavy atom. The molecule has 2 heterocycles. The maximum atomic E-state index is 12.8. The van der Waals surface area contributed by atoms with Crippen LogP contribution < -0.4 is 14.8 Å². The maximum absolute atomic E-state index is 12.8. The van der Waals surface area contributed by atoms with Crippen molar-refractivity contribution in [3.05, 3.63) is 47.3 Å². The smallest absolute Gasteiger partial charge is 0.227 e. The number of anilines is 1. The molecule has 0 bridgehead atoms. The van der Waals surface area contributed by atoms with Crippen molar-refractivity contribution >= 4 is 17.5 Å². The van der Waals surface area contributed by atoms with E-state index in [4.69, 9.17) is 9.47 Å². The molecule has 0 saturated heterocycles. The molecule has 1 aromatic carbocycles. The Morgan fingerprint density at radius 2 is 1.88 bits per heavy atom. The molecule has 2 aromatic rings. The Bertz CT molecular complexity index is 979. The minimum atomic E-state index is -0.0892. The molecule has 0 atom stereocenters. The summed E-state index contributed by atoms with van der Waals surface area (Å²) in [5.74, 6) is 1.43. The van der Waals surface area contributed by atoms with E-state index in [0.29, 0.717) is 24.5 Å². The van der Waals surface area contributed by atoms with Crippen molar-refractivity contribution in [2.45, 2.75) is 32.6 Å². The van der Waals surface area contributed by atoms with E-state index in [-0.39, 0.29) is 11.8 Å². The van der Waals surface area contributed by atoms with Crippen LogP contribution in [-0.2, 0) is 28.9 Å². The molecule has 1 N–H and O–H groups in total. The minimum absolute atomic E-state index is 0.0892. The lowest BCUT2D eigenvalue weighted by atomic mass is 10.0. The number of methoxy groups -OCH3 is 2. The summed E-state index contributed by atoms with van der Waals surface area (Å²) in [7, 11) is 5.32. The highest BCUT2D eigenvalue weighted by atomic mass is 16.5. The van der Waals surface area contributed by atoms with Crippen LogP contribution in [0.5, 0.6) is 11.5 Å². The number of pyridine rings is 1. The van der Waals surface area contributed by atoms with Crippen molar-refractivity contribution in [2.75, 3.05) is 52.8 Å². The van der Waals surface area contributed by atoms with Crippen LogP contribution in [0.1, 0.15) is 30.2 Å². The predicted molar refractivity (Wildman–Crippen MR) is 128 cm³/mol. The number of ether oxygens (including phenoxy) is 2. The zero-order chi connectivity index (χ0) is 23.8. The molecule has 0 spiro atoms. The van der Waals surface area contributed by atoms with Gasteiger partial charge in [-0.15, -0.1) is 0 Å². The largest absolute Gasteiger partial charge is 0.493 e. The molecule has 0 radical (unpaired) electrons. The van der Waals surface area contributed by atoms with Gasteiger partial charge in [0.25, 0.3) is 0 Å². The highest BCUT2D eigenvalue weighted by Crippen LogP contribution is 2.32. The maximum Gasteiger partial charge on any atom is 0.227 e. The monoisotopic (exact) mass is 454 g/mol. The van der Waals surface area contributed by atoms with E-state index >= 15 is 0 Å². The number of rotatable bonds is 10. The van der Waals surface area contributed by atoms with Crippen LogP contribution in [0.3, 0.4) is 0 Å². The molecule has 1 aromatic heterocycles. The van der Waals surface area contributed by atoms with E-state index in [1.54, 1.807) is 26.5 Å². The van der Waals surface area contributed by atoms with Crippen LogP contribution in [0.25, 0.3) is 0 Å². The Hall–Kier alpha value is -3.13. The lowest BCUT2D eigenvalue weighted by Crippen LogP contribution is -2.35. The molecular formula is C25H34N4O4. The molecule has 2 amide bonds. The summed E-state index contributed by atoms with van der Waals surface area (Å²) in [6, 6.07) is 7.62. The van der Waals surface area contributed by atoms with Crippen LogP contribution >= 0.6 is 0 Å². The number of hydrogen-bond donors (Lipinski definition) is 1. The van der Waals surface area contributed by atoms with Gasteiger partial charge in [-0.2, -0.15) is 0 Å². The Kier molecular flexibility index (Phi) is 8.65. The first-order valence-corrected chi connectivity index (χ1v) is 11.3. The zero-order valence-electron chi connectivity index (χ0n) is 20.0. The first-order chi connectivity index (χ1) is 15.9. The summed E-state index contributed by atoms with van der Waals surface area (Å²) in [4.78, 5) is 32.7. The van der Waals surface area contributed by atoms with Gasteiger partial charge < -0.3 is 24.6 Å². The number of benzene rings is 1. The van der Waals surface area contributed by atoms with Gasteiger partial charge in [0.1, 0.15) is 0 Å². The second-order valence-electron chi connectivity index (χ2n) is 8.41. The summed E-state index contributed by atoms with van der Waals surface area (Å²) in [6.45, 7) is 4.70. The number of nitrogens with zero attached hydrogens (tertiary/aromatic N) is 3. The number of carbonyl (C=O) groups is 2. The van der Waals surface area contributed by atoms with Gasteiger partial charge in [-0.3, -0.25) is 14.6 Å². The van der Waals surface area contributed by atoms with Crippen LogP contribution in [0.15, 0.2) is 30.5 Å². The molecule has 3 rings (SSSR count). The molecule has 8 heteroatoms. The molecule has 33 heavy (non-hydrogen) atoms. The van der Waals surface area contributed by atoms with Crippen LogP contribution in [-0.4, -0.2) is 74.0 Å². The third-order valence-electron chi connectivity index (χ3n) is 5.91. The van der Waals surface area contributed by atoms with Crippen molar-refractivity contribution < 1.29 is 19.1 Å². The van der Waals surface area contributed by atoms with E-state index < -0.39 is 0 Å². The van der Waals surface area contributed by atoms with Gasteiger partial charge in [0, 0.05) is 50.6 Å². The lowest BCUT2D eigenvalue weighted by molar-refractivity contribution is -0.130. The number of carbonyl (C=O) groups excluding carboxylic acids is 2. The van der Waals surface area contributed by atoms with E-state index in [1.807, 2.05) is 23.1 Å². The highest BCUT2D eigenvalue weighted by Gasteiger charge is 2.22. The summed E-state index contributed by atoms with van der Waals surface area (Å²) >= 11 is 0. The fourth-order valence-electron chi connectivity index (χ4n) is 4.10. The average Bonchev–Trinajstić information content (AvgIpc) is 2.94. The fourth-order valence-corrected chi connectivity index (χ4v) is 4.10. The highest BCUT2D eigenvalue weighted by molar-refractivity contribution is 5.88. The zero-order valence-corrected chi connectivity index (χ0v) is 20.0. The molecular weight excluding hydrogens is 420 g/mol. The minimum Gasteiger partial charge on any atom is -0.493 e. The van der Waals surface area contributed by atoms with Crippen LogP contribution in [0.2, 0.25) is 0 Å². The SMILES string of the molecule is COc1cc2c(cc1OC)CC(=O)N(CCCN(C)CCc1cc(NC(C)=O)ccn1)CC2. The third-order valence-corrected chi connectivity index (χ3v) is 5.91. The number of aromatic nitrogens is 1. The molecule has 0 saturated carbocycles. The van der Waals surface area contributed by atoms with Crippen molar-refractivity contribution in [3.8, 4) is 11.5 Å². The Morgan fingerprint density at radius 3 is 2.58 bits per heavy atom. The van der Waals surface area contributed by atoms with Crippen molar-refractivity contribution in [2.24, 2.45) is 0 Å². The quantitative estimate of drug-likeness (QED) is 0.594. The molecule has 0 aliphatic carbocycles. The van der Waals surface area contributed by atoms with E-state index in [0.717, 1.165) is 61.4 Å². The van der Waals surface area contributed by atoms with Gasteiger partial charge in [0.05, 0.1) is 20.6 Å². The first kappa shape index (κ1) is 24.5. The van der Waals surface area contributed by atoms with Gasteiger partial charge in [-0.25, -0.2) is 0 Å². The van der Waals surface area contributed by atoms with E-state index in [1.165, 1.54) is 6.92 Å². The molecule has 0 unspecified atom stereocenters. The van der Waals surface area contributed by atoms with Crippen LogP contribution in [0, 0.1) is 0 Å². The number of nitrogens with one attached hydrogen (secondary N) is 1. The Balaban J connectivity index is 1.46. The summed E-state index contributed by atoms with van der Waals surface area (Å²) in [5.41, 5.74) is 3.88. The van der Waals surface area contributed by atoms with E-state index in [9.17, 15) is 9.59 Å². The number of likely N-dealkylation sites (N-methyl/N-ethyl adjacent to an activating group) is 1. The van der Waals surface area contributed by atoms with Gasteiger partial charge in [-0.1, -0.05) is 0 Å². The number of fused-ring (bicyclic) bond motifs is 1. The van der Waals surface area contributed by atoms with E-state index in [2.05, 4.69) is 22.2 Å². The van der Waals surface area contributed by atoms with Gasteiger partial charge in [0.15, 0.2) is 11.5 Å². The second-order valence-corrected chi connectivity index (χ2v) is 8.41.